The van der Waals surface area contributed by atoms with Crippen LogP contribution in [0.15, 0.2) is 40.3 Å². The molecular formula is C14H24ClN5. The Hall–Kier alpha value is -1.75. The van der Waals surface area contributed by atoms with Crippen molar-refractivity contribution in [1.29, 1.82) is 0 Å². The molecule has 6 heteroatoms. The minimum atomic E-state index is -0.235. The van der Waals surface area contributed by atoms with Gasteiger partial charge in [-0.3, -0.25) is 10.3 Å². The summed E-state index contributed by atoms with van der Waals surface area (Å²) in [5.41, 5.74) is 12.5. The largest absolute Gasteiger partial charge is 0.370 e. The van der Waals surface area contributed by atoms with Crippen molar-refractivity contribution >= 4 is 24.3 Å². The van der Waals surface area contributed by atoms with E-state index in [0.717, 1.165) is 6.42 Å². The number of halogens is 1. The maximum Gasteiger partial charge on any atom is 0.195 e. The van der Waals surface area contributed by atoms with Crippen LogP contribution in [0.5, 0.6) is 0 Å². The topological polar surface area (TPSA) is 88.8 Å². The fraction of sp³-hybridized carbons (Fsp3) is 0.429. The van der Waals surface area contributed by atoms with Gasteiger partial charge in [-0.2, -0.15) is 0 Å². The minimum Gasteiger partial charge on any atom is -0.370 e. The zero-order chi connectivity index (χ0) is 14.3. The first-order valence-corrected chi connectivity index (χ1v) is 6.33. The van der Waals surface area contributed by atoms with Gasteiger partial charge < -0.3 is 11.5 Å². The number of rotatable bonds is 3. The van der Waals surface area contributed by atoms with Crippen molar-refractivity contribution in [3.8, 4) is 0 Å². The standard InChI is InChI=1S/C14H23N5.ClH/c1-14(2,3)19-13(16)18-12(15)17-10-9-11-7-5-4-6-8-11;/h4-8H,9-10H2,1-3H3,(H5,15,16,17,18,19);1H. The third-order valence-corrected chi connectivity index (χ3v) is 2.24. The summed E-state index contributed by atoms with van der Waals surface area (Å²) in [5.74, 6) is 0.579. The molecule has 112 valence electrons. The highest BCUT2D eigenvalue weighted by atomic mass is 35.5. The number of benzene rings is 1. The van der Waals surface area contributed by atoms with E-state index in [4.69, 9.17) is 11.5 Å². The molecule has 1 aromatic rings. The Morgan fingerprint density at radius 1 is 1.10 bits per heavy atom. The molecule has 1 rings (SSSR count). The monoisotopic (exact) mass is 297 g/mol. The molecule has 0 aliphatic carbocycles. The highest BCUT2D eigenvalue weighted by molar-refractivity contribution is 5.97. The lowest BCUT2D eigenvalue weighted by molar-refractivity contribution is 0.581. The first-order valence-electron chi connectivity index (χ1n) is 6.33. The van der Waals surface area contributed by atoms with Crippen LogP contribution in [0, 0.1) is 0 Å². The van der Waals surface area contributed by atoms with Gasteiger partial charge in [0.05, 0.1) is 5.54 Å². The molecule has 0 atom stereocenters. The molecule has 0 heterocycles. The summed E-state index contributed by atoms with van der Waals surface area (Å²) in [6.45, 7) is 6.50. The van der Waals surface area contributed by atoms with Crippen molar-refractivity contribution < 1.29 is 0 Å². The second-order valence-corrected chi connectivity index (χ2v) is 5.30. The molecule has 0 aliphatic rings. The number of aliphatic imine (C=N–C) groups is 2. The summed E-state index contributed by atoms with van der Waals surface area (Å²) in [6, 6.07) is 10.1. The molecular weight excluding hydrogens is 274 g/mol. The van der Waals surface area contributed by atoms with Crippen LogP contribution in [0.3, 0.4) is 0 Å². The fourth-order valence-corrected chi connectivity index (χ4v) is 1.51. The van der Waals surface area contributed by atoms with Crippen LogP contribution in [-0.2, 0) is 6.42 Å². The first kappa shape index (κ1) is 18.2. The molecule has 0 saturated carbocycles. The molecule has 0 aliphatic heterocycles. The second kappa shape index (κ2) is 8.43. The number of hydrogen-bond acceptors (Lipinski definition) is 2. The van der Waals surface area contributed by atoms with Crippen LogP contribution in [0.2, 0.25) is 0 Å². The zero-order valence-electron chi connectivity index (χ0n) is 12.3. The van der Waals surface area contributed by atoms with Gasteiger partial charge >= 0.3 is 0 Å². The zero-order valence-corrected chi connectivity index (χ0v) is 13.1. The van der Waals surface area contributed by atoms with E-state index in [1.807, 2.05) is 39.0 Å². The molecule has 0 fully saturated rings. The van der Waals surface area contributed by atoms with Crippen LogP contribution >= 0.6 is 12.4 Å². The number of guanidine groups is 2. The molecule has 1 aromatic carbocycles. The van der Waals surface area contributed by atoms with E-state index in [9.17, 15) is 0 Å². The Balaban J connectivity index is 0.00000361. The second-order valence-electron chi connectivity index (χ2n) is 5.30. The molecule has 20 heavy (non-hydrogen) atoms. The van der Waals surface area contributed by atoms with E-state index in [-0.39, 0.29) is 23.9 Å². The molecule has 0 radical (unpaired) electrons. The van der Waals surface area contributed by atoms with Crippen molar-refractivity contribution in [2.45, 2.75) is 32.7 Å². The molecule has 5 nitrogen and oxygen atoms in total. The van der Waals surface area contributed by atoms with Gasteiger partial charge in [0.25, 0.3) is 0 Å². The van der Waals surface area contributed by atoms with Gasteiger partial charge in [-0.15, -0.1) is 12.4 Å². The Morgan fingerprint density at radius 2 is 1.70 bits per heavy atom. The van der Waals surface area contributed by atoms with Gasteiger partial charge in [-0.1, -0.05) is 30.3 Å². The first-order chi connectivity index (χ1) is 8.87. The van der Waals surface area contributed by atoms with Crippen LogP contribution in [-0.4, -0.2) is 24.0 Å². The summed E-state index contributed by atoms with van der Waals surface area (Å²) in [4.78, 5) is 8.45. The highest BCUT2D eigenvalue weighted by Gasteiger charge is 2.08. The van der Waals surface area contributed by atoms with E-state index in [1.165, 1.54) is 5.56 Å². The van der Waals surface area contributed by atoms with Crippen molar-refractivity contribution in [3.05, 3.63) is 35.9 Å². The predicted octanol–water partition coefficient (Wildman–Crippen LogP) is 1.67. The van der Waals surface area contributed by atoms with Gasteiger partial charge in [0, 0.05) is 6.54 Å². The summed E-state index contributed by atoms with van der Waals surface area (Å²) >= 11 is 0. The van der Waals surface area contributed by atoms with Gasteiger partial charge in [0.15, 0.2) is 11.9 Å². The number of nitrogens with zero attached hydrogens (tertiary/aromatic N) is 2. The number of nitrogens with one attached hydrogen (secondary N) is 1. The van der Waals surface area contributed by atoms with Crippen molar-refractivity contribution in [2.24, 2.45) is 21.5 Å². The Kier molecular flexibility index (Phi) is 7.69. The van der Waals surface area contributed by atoms with E-state index in [1.54, 1.807) is 0 Å². The van der Waals surface area contributed by atoms with Crippen molar-refractivity contribution in [2.75, 3.05) is 6.54 Å². The lowest BCUT2D eigenvalue weighted by Crippen LogP contribution is -2.43. The molecule has 0 unspecified atom stereocenters. The van der Waals surface area contributed by atoms with Gasteiger partial charge in [0.2, 0.25) is 0 Å². The molecule has 0 spiro atoms. The lowest BCUT2D eigenvalue weighted by Gasteiger charge is -2.14. The average Bonchev–Trinajstić information content (AvgIpc) is 2.27. The summed E-state index contributed by atoms with van der Waals surface area (Å²) in [5, 5.41) is 2.78. The van der Waals surface area contributed by atoms with Crippen LogP contribution in [0.4, 0.5) is 0 Å². The van der Waals surface area contributed by atoms with Crippen LogP contribution in [0.1, 0.15) is 26.3 Å². The summed E-state index contributed by atoms with van der Waals surface area (Å²) in [6.07, 6.45) is 0.847. The third-order valence-electron chi connectivity index (χ3n) is 2.24. The Labute approximate surface area is 127 Å². The van der Waals surface area contributed by atoms with Gasteiger partial charge in [0.1, 0.15) is 0 Å². The van der Waals surface area contributed by atoms with E-state index < -0.39 is 0 Å². The Bertz CT molecular complexity index is 448. The number of hydrogen-bond donors (Lipinski definition) is 3. The van der Waals surface area contributed by atoms with E-state index >= 15 is 0 Å². The SMILES string of the molecule is CC(C)(C)N=C(N)NC(N)=NCCc1ccccc1.Cl. The summed E-state index contributed by atoms with van der Waals surface area (Å²) in [7, 11) is 0. The maximum absolute atomic E-state index is 5.74. The Morgan fingerprint density at radius 3 is 2.25 bits per heavy atom. The lowest BCUT2D eigenvalue weighted by atomic mass is 10.1. The average molecular weight is 298 g/mol. The molecule has 0 saturated heterocycles. The third kappa shape index (κ3) is 8.37. The molecule has 0 aromatic heterocycles. The van der Waals surface area contributed by atoms with Gasteiger partial charge in [-0.25, -0.2) is 4.99 Å². The smallest absolute Gasteiger partial charge is 0.195 e. The highest BCUT2D eigenvalue weighted by Crippen LogP contribution is 2.04. The normalized spacial score (nSPS) is 12.8. The quantitative estimate of drug-likeness (QED) is 0.585. The summed E-state index contributed by atoms with van der Waals surface area (Å²) < 4.78 is 0. The van der Waals surface area contributed by atoms with Crippen LogP contribution in [0.25, 0.3) is 0 Å². The predicted molar refractivity (Wildman–Crippen MR) is 88.4 cm³/mol. The van der Waals surface area contributed by atoms with Crippen molar-refractivity contribution in [3.63, 3.8) is 0 Å². The minimum absolute atomic E-state index is 0. The van der Waals surface area contributed by atoms with Crippen molar-refractivity contribution in [1.82, 2.24) is 5.32 Å². The van der Waals surface area contributed by atoms with Gasteiger partial charge in [-0.05, 0) is 32.8 Å². The van der Waals surface area contributed by atoms with E-state index in [2.05, 4.69) is 27.4 Å². The molecule has 0 bridgehead atoms. The number of nitrogens with two attached hydrogens (primary N) is 2. The fourth-order valence-electron chi connectivity index (χ4n) is 1.51. The van der Waals surface area contributed by atoms with Crippen LogP contribution < -0.4 is 16.8 Å². The van der Waals surface area contributed by atoms with E-state index in [0.29, 0.717) is 12.5 Å². The molecule has 5 N–H and O–H groups in total. The molecule has 0 amide bonds. The maximum atomic E-state index is 5.74.